The summed E-state index contributed by atoms with van der Waals surface area (Å²) >= 11 is 5.95. The lowest BCUT2D eigenvalue weighted by Gasteiger charge is -2.46. The highest BCUT2D eigenvalue weighted by Crippen LogP contribution is 2.42. The molecule has 0 saturated carbocycles. The topological polar surface area (TPSA) is 65.1 Å². The van der Waals surface area contributed by atoms with Crippen LogP contribution in [0.15, 0.2) is 42.7 Å². The van der Waals surface area contributed by atoms with Gasteiger partial charge in [-0.3, -0.25) is 4.79 Å². The van der Waals surface area contributed by atoms with Crippen LogP contribution in [0.5, 0.6) is 0 Å². The Kier molecular flexibility index (Phi) is 4.66. The highest BCUT2D eigenvalue weighted by atomic mass is 35.5. The number of likely N-dealkylation sites (tertiary alicyclic amines) is 1. The number of hydrogen-bond acceptors (Lipinski definition) is 4. The Morgan fingerprint density at radius 2 is 1.93 bits per heavy atom. The molecule has 2 fully saturated rings. The molecular formula is C22H24ClN5O. The van der Waals surface area contributed by atoms with E-state index in [0.717, 1.165) is 56.7 Å². The largest absolute Gasteiger partial charge is 0.361 e. The van der Waals surface area contributed by atoms with E-state index in [9.17, 15) is 4.79 Å². The lowest BCUT2D eigenvalue weighted by atomic mass is 9.71. The Hall–Kier alpha value is -2.60. The number of carbonyl (C=O) groups is 1. The first-order chi connectivity index (χ1) is 14.1. The van der Waals surface area contributed by atoms with Crippen LogP contribution in [0.2, 0.25) is 5.28 Å². The van der Waals surface area contributed by atoms with Crippen LogP contribution in [0.4, 0.5) is 5.82 Å². The van der Waals surface area contributed by atoms with Gasteiger partial charge in [0.1, 0.15) is 5.82 Å². The summed E-state index contributed by atoms with van der Waals surface area (Å²) in [7, 11) is 0. The third kappa shape index (κ3) is 3.35. The average molecular weight is 410 g/mol. The van der Waals surface area contributed by atoms with Crippen LogP contribution in [0, 0.1) is 5.41 Å². The second kappa shape index (κ2) is 7.34. The SMILES string of the molecule is O=C1N(Cc2c[nH]c3ccccc23)CCCC12CCN(c1ccnc(Cl)n1)CC2. The molecule has 0 atom stereocenters. The van der Waals surface area contributed by atoms with Gasteiger partial charge in [-0.05, 0) is 55.0 Å². The molecule has 7 heteroatoms. The Morgan fingerprint density at radius 1 is 1.10 bits per heavy atom. The van der Waals surface area contributed by atoms with Crippen molar-refractivity contribution in [2.75, 3.05) is 24.5 Å². The zero-order chi connectivity index (χ0) is 19.8. The second-order valence-corrected chi connectivity index (χ2v) is 8.48. The molecule has 0 aliphatic carbocycles. The summed E-state index contributed by atoms with van der Waals surface area (Å²) in [6, 6.07) is 10.2. The number of H-pyrrole nitrogens is 1. The predicted molar refractivity (Wildman–Crippen MR) is 114 cm³/mol. The third-order valence-electron chi connectivity index (χ3n) is 6.52. The molecule has 29 heavy (non-hydrogen) atoms. The lowest BCUT2D eigenvalue weighted by molar-refractivity contribution is -0.148. The van der Waals surface area contributed by atoms with Crippen LogP contribution >= 0.6 is 11.6 Å². The van der Waals surface area contributed by atoms with Gasteiger partial charge >= 0.3 is 0 Å². The van der Waals surface area contributed by atoms with Gasteiger partial charge < -0.3 is 14.8 Å². The van der Waals surface area contributed by atoms with Gasteiger partial charge in [0.2, 0.25) is 11.2 Å². The van der Waals surface area contributed by atoms with Gasteiger partial charge in [-0.2, -0.15) is 0 Å². The van der Waals surface area contributed by atoms with Crippen molar-refractivity contribution in [2.45, 2.75) is 32.2 Å². The number of para-hydroxylation sites is 1. The first-order valence-electron chi connectivity index (χ1n) is 10.2. The van der Waals surface area contributed by atoms with Crippen molar-refractivity contribution in [3.8, 4) is 0 Å². The first-order valence-corrected chi connectivity index (χ1v) is 10.6. The summed E-state index contributed by atoms with van der Waals surface area (Å²) in [5.74, 6) is 1.16. The Balaban J connectivity index is 1.31. The number of anilines is 1. The van der Waals surface area contributed by atoms with Gasteiger partial charge in [-0.1, -0.05) is 18.2 Å². The van der Waals surface area contributed by atoms with Crippen molar-refractivity contribution in [3.63, 3.8) is 0 Å². The van der Waals surface area contributed by atoms with E-state index < -0.39 is 0 Å². The number of aromatic amines is 1. The Bertz CT molecular complexity index is 1040. The minimum absolute atomic E-state index is 0.238. The molecule has 2 saturated heterocycles. The van der Waals surface area contributed by atoms with Gasteiger partial charge in [0.15, 0.2) is 0 Å². The van der Waals surface area contributed by atoms with E-state index in [4.69, 9.17) is 11.6 Å². The van der Waals surface area contributed by atoms with Gasteiger partial charge in [0.05, 0.1) is 5.41 Å². The molecule has 5 rings (SSSR count). The molecule has 0 bridgehead atoms. The van der Waals surface area contributed by atoms with Crippen molar-refractivity contribution in [1.29, 1.82) is 0 Å². The van der Waals surface area contributed by atoms with Gasteiger partial charge in [0.25, 0.3) is 0 Å². The fourth-order valence-electron chi connectivity index (χ4n) is 4.90. The van der Waals surface area contributed by atoms with Crippen LogP contribution in [0.3, 0.4) is 0 Å². The lowest BCUT2D eigenvalue weighted by Crippen LogP contribution is -2.53. The molecule has 150 valence electrons. The summed E-state index contributed by atoms with van der Waals surface area (Å²) in [5, 5.41) is 1.47. The van der Waals surface area contributed by atoms with Crippen molar-refractivity contribution >= 4 is 34.2 Å². The maximum absolute atomic E-state index is 13.5. The highest BCUT2D eigenvalue weighted by molar-refractivity contribution is 6.28. The van der Waals surface area contributed by atoms with Crippen molar-refractivity contribution in [3.05, 3.63) is 53.6 Å². The zero-order valence-corrected chi connectivity index (χ0v) is 17.0. The normalized spacial score (nSPS) is 19.3. The van der Waals surface area contributed by atoms with Gasteiger partial charge in [-0.15, -0.1) is 0 Å². The van der Waals surface area contributed by atoms with Crippen LogP contribution in [0.25, 0.3) is 10.9 Å². The molecule has 1 aromatic carbocycles. The number of nitrogens with one attached hydrogen (secondary N) is 1. The van der Waals surface area contributed by atoms with Crippen LogP contribution in [-0.4, -0.2) is 45.4 Å². The maximum Gasteiger partial charge on any atom is 0.229 e. The Morgan fingerprint density at radius 3 is 2.76 bits per heavy atom. The van der Waals surface area contributed by atoms with Gasteiger partial charge in [0, 0.05) is 49.5 Å². The van der Waals surface area contributed by atoms with Crippen LogP contribution in [0.1, 0.15) is 31.2 Å². The Labute approximate surface area is 174 Å². The van der Waals surface area contributed by atoms with E-state index in [1.54, 1.807) is 6.20 Å². The van der Waals surface area contributed by atoms with Crippen molar-refractivity contribution in [1.82, 2.24) is 19.9 Å². The molecular weight excluding hydrogens is 386 g/mol. The monoisotopic (exact) mass is 409 g/mol. The number of nitrogens with zero attached hydrogens (tertiary/aromatic N) is 4. The van der Waals surface area contributed by atoms with Crippen molar-refractivity contribution in [2.24, 2.45) is 5.41 Å². The number of benzene rings is 1. The average Bonchev–Trinajstić information content (AvgIpc) is 3.15. The third-order valence-corrected chi connectivity index (χ3v) is 6.70. The quantitative estimate of drug-likeness (QED) is 0.663. The summed E-state index contributed by atoms with van der Waals surface area (Å²) in [6.45, 7) is 3.15. The molecule has 6 nitrogen and oxygen atoms in total. The van der Waals surface area contributed by atoms with Crippen LogP contribution in [-0.2, 0) is 11.3 Å². The first kappa shape index (κ1) is 18.4. The molecule has 0 radical (unpaired) electrons. The molecule has 1 amide bonds. The van der Waals surface area contributed by atoms with Crippen LogP contribution < -0.4 is 4.90 Å². The highest BCUT2D eigenvalue weighted by Gasteiger charge is 2.45. The zero-order valence-electron chi connectivity index (χ0n) is 16.3. The van der Waals surface area contributed by atoms with E-state index in [1.165, 1.54) is 10.9 Å². The number of halogens is 1. The second-order valence-electron chi connectivity index (χ2n) is 8.14. The number of amides is 1. The summed E-state index contributed by atoms with van der Waals surface area (Å²) in [4.78, 5) is 29.4. The predicted octanol–water partition coefficient (Wildman–Crippen LogP) is 4.02. The van der Waals surface area contributed by atoms with E-state index in [-0.39, 0.29) is 10.7 Å². The minimum Gasteiger partial charge on any atom is -0.361 e. The molecule has 2 aliphatic rings. The van der Waals surface area contributed by atoms with E-state index in [1.807, 2.05) is 24.4 Å². The summed E-state index contributed by atoms with van der Waals surface area (Å²) < 4.78 is 0. The number of rotatable bonds is 3. The fourth-order valence-corrected chi connectivity index (χ4v) is 5.04. The smallest absolute Gasteiger partial charge is 0.229 e. The number of aromatic nitrogens is 3. The molecule has 1 N–H and O–H groups in total. The maximum atomic E-state index is 13.5. The number of hydrogen-bond donors (Lipinski definition) is 1. The minimum atomic E-state index is -0.238. The van der Waals surface area contributed by atoms with Crippen molar-refractivity contribution < 1.29 is 4.79 Å². The molecule has 0 unspecified atom stereocenters. The number of piperidine rings is 2. The molecule has 1 spiro atoms. The number of carbonyl (C=O) groups excluding carboxylic acids is 1. The van der Waals surface area contributed by atoms with E-state index >= 15 is 0 Å². The van der Waals surface area contributed by atoms with Gasteiger partial charge in [-0.25, -0.2) is 9.97 Å². The fraction of sp³-hybridized carbons (Fsp3) is 0.409. The summed E-state index contributed by atoms with van der Waals surface area (Å²) in [5.41, 5.74) is 2.08. The van der Waals surface area contributed by atoms with E-state index in [2.05, 4.69) is 36.9 Å². The standard InChI is InChI=1S/C22H24ClN5O/c23-21-24-10-6-19(26-21)27-12-8-22(9-13-27)7-3-11-28(20(22)29)15-16-14-25-18-5-2-1-4-17(16)18/h1-2,4-6,10,14,25H,3,7-9,11-13,15H2. The molecule has 4 heterocycles. The molecule has 3 aromatic rings. The molecule has 2 aromatic heterocycles. The summed E-state index contributed by atoms with van der Waals surface area (Å²) in [6.07, 6.45) is 7.49. The van der Waals surface area contributed by atoms with E-state index in [0.29, 0.717) is 12.5 Å². The number of fused-ring (bicyclic) bond motifs is 1. The molecule has 2 aliphatic heterocycles.